The van der Waals surface area contributed by atoms with Crippen molar-refractivity contribution in [2.45, 2.75) is 37.8 Å². The molecule has 2 fully saturated rings. The van der Waals surface area contributed by atoms with E-state index in [1.807, 2.05) is 6.07 Å². The Morgan fingerprint density at radius 1 is 1.29 bits per heavy atom. The number of carbonyl (C=O) groups excluding carboxylic acids is 3. The molecule has 1 aromatic rings. The van der Waals surface area contributed by atoms with Crippen molar-refractivity contribution >= 4 is 29.7 Å². The number of aliphatic imine (C=N–C) groups is 1. The van der Waals surface area contributed by atoms with E-state index in [2.05, 4.69) is 25.8 Å². The number of hydrogen-bond donors (Lipinski definition) is 4. The van der Waals surface area contributed by atoms with E-state index in [9.17, 15) is 18.8 Å². The maximum atomic E-state index is 14.3. The molecule has 0 radical (unpaired) electrons. The highest BCUT2D eigenvalue weighted by Crippen LogP contribution is 2.36. The lowest BCUT2D eigenvalue weighted by molar-refractivity contribution is -0.131. The van der Waals surface area contributed by atoms with Gasteiger partial charge in [0.1, 0.15) is 18.1 Å². The van der Waals surface area contributed by atoms with E-state index < -0.39 is 24.3 Å². The quantitative estimate of drug-likeness (QED) is 0.389. The summed E-state index contributed by atoms with van der Waals surface area (Å²) in [5.41, 5.74) is 0.311. The summed E-state index contributed by atoms with van der Waals surface area (Å²) in [5.74, 6) is -1.17. The number of halogens is 1. The van der Waals surface area contributed by atoms with Crippen LogP contribution in [0.15, 0.2) is 23.2 Å². The molecule has 4 amide bonds. The molecule has 1 saturated carbocycles. The maximum Gasteiger partial charge on any atom is 0.340 e. The molecule has 4 rings (SSSR count). The lowest BCUT2D eigenvalue weighted by Gasteiger charge is -2.35. The summed E-state index contributed by atoms with van der Waals surface area (Å²) in [5, 5.41) is 17.2. The van der Waals surface area contributed by atoms with Crippen LogP contribution in [0.3, 0.4) is 0 Å². The first-order valence-corrected chi connectivity index (χ1v) is 11.5. The minimum absolute atomic E-state index is 0.00137. The van der Waals surface area contributed by atoms with Crippen molar-refractivity contribution in [2.24, 2.45) is 16.8 Å². The second-order valence-corrected chi connectivity index (χ2v) is 9.00. The normalized spacial score (nSPS) is 21.6. The van der Waals surface area contributed by atoms with E-state index >= 15 is 0 Å². The molecule has 1 unspecified atom stereocenters. The molecule has 10 nitrogen and oxygen atoms in total. The number of ether oxygens (including phenoxy) is 1. The lowest BCUT2D eigenvalue weighted by Crippen LogP contribution is -2.53. The summed E-state index contributed by atoms with van der Waals surface area (Å²) in [6.45, 7) is 1.64. The first-order valence-electron chi connectivity index (χ1n) is 11.5. The highest BCUT2D eigenvalue weighted by molar-refractivity contribution is 6.02. The highest BCUT2D eigenvalue weighted by Gasteiger charge is 2.51. The van der Waals surface area contributed by atoms with E-state index in [4.69, 9.17) is 9.84 Å². The molecule has 34 heavy (non-hydrogen) atoms. The minimum atomic E-state index is -0.879. The number of nitrogens with one attached hydrogen (secondary N) is 3. The number of piperidine rings is 1. The molecule has 2 heterocycles. The standard InChI is InChI=1S/C23H30FN5O5/c24-18-2-1-3-19(17(18)13-34-14-30)29-8-4-15(5-9-29)10-25-21(32)23(6-7-23)28-20(31)16-11-26-22(33)27-12-16/h1-3,11,15-16,30H,4-10,12-14H2,(H,25,32)(H,27,33)(H,28,31). The van der Waals surface area contributed by atoms with Gasteiger partial charge in [0.15, 0.2) is 0 Å². The van der Waals surface area contributed by atoms with Crippen molar-refractivity contribution in [3.05, 3.63) is 29.6 Å². The van der Waals surface area contributed by atoms with E-state index in [-0.39, 0.29) is 36.7 Å². The predicted molar refractivity (Wildman–Crippen MR) is 122 cm³/mol. The number of aliphatic hydroxyl groups is 1. The molecule has 1 atom stereocenters. The van der Waals surface area contributed by atoms with Crippen LogP contribution in [0.5, 0.6) is 0 Å². The molecule has 11 heteroatoms. The van der Waals surface area contributed by atoms with Gasteiger partial charge in [-0.15, -0.1) is 0 Å². The summed E-state index contributed by atoms with van der Waals surface area (Å²) < 4.78 is 19.3. The summed E-state index contributed by atoms with van der Waals surface area (Å²) in [6.07, 6.45) is 4.13. The van der Waals surface area contributed by atoms with E-state index in [0.29, 0.717) is 38.0 Å². The van der Waals surface area contributed by atoms with Crippen LogP contribution in [0.2, 0.25) is 0 Å². The number of benzene rings is 1. The molecule has 1 aromatic carbocycles. The van der Waals surface area contributed by atoms with Crippen molar-refractivity contribution in [3.8, 4) is 0 Å². The third kappa shape index (κ3) is 5.53. The molecule has 184 valence electrons. The molecule has 3 aliphatic rings. The zero-order chi connectivity index (χ0) is 24.1. The summed E-state index contributed by atoms with van der Waals surface area (Å²) >= 11 is 0. The van der Waals surface area contributed by atoms with E-state index in [1.165, 1.54) is 12.3 Å². The second kappa shape index (κ2) is 10.5. The number of carbonyl (C=O) groups is 3. The van der Waals surface area contributed by atoms with Crippen molar-refractivity contribution in [1.82, 2.24) is 16.0 Å². The van der Waals surface area contributed by atoms with E-state index in [0.717, 1.165) is 18.5 Å². The largest absolute Gasteiger partial charge is 0.371 e. The van der Waals surface area contributed by atoms with Crippen LogP contribution in [0.4, 0.5) is 14.9 Å². The number of anilines is 1. The van der Waals surface area contributed by atoms with Crippen LogP contribution in [0.1, 0.15) is 31.2 Å². The fourth-order valence-electron chi connectivity index (χ4n) is 4.39. The Kier molecular flexibility index (Phi) is 7.42. The Labute approximate surface area is 196 Å². The Morgan fingerprint density at radius 2 is 2.06 bits per heavy atom. The summed E-state index contributed by atoms with van der Waals surface area (Å²) in [4.78, 5) is 42.1. The maximum absolute atomic E-state index is 14.3. The molecule has 0 aromatic heterocycles. The number of urea groups is 1. The first kappa shape index (κ1) is 24.1. The van der Waals surface area contributed by atoms with Gasteiger partial charge in [-0.2, -0.15) is 0 Å². The van der Waals surface area contributed by atoms with Crippen molar-refractivity contribution in [3.63, 3.8) is 0 Å². The molecule has 0 spiro atoms. The van der Waals surface area contributed by atoms with Gasteiger partial charge in [0, 0.05) is 43.6 Å². The Morgan fingerprint density at radius 3 is 2.71 bits per heavy atom. The molecule has 2 aliphatic heterocycles. The van der Waals surface area contributed by atoms with Gasteiger partial charge in [-0.3, -0.25) is 9.59 Å². The average molecular weight is 476 g/mol. The Hall–Kier alpha value is -3.05. The third-order valence-corrected chi connectivity index (χ3v) is 6.67. The fourth-order valence-corrected chi connectivity index (χ4v) is 4.39. The van der Waals surface area contributed by atoms with Crippen LogP contribution >= 0.6 is 0 Å². The Bertz CT molecular complexity index is 959. The zero-order valence-corrected chi connectivity index (χ0v) is 18.9. The zero-order valence-electron chi connectivity index (χ0n) is 18.9. The summed E-state index contributed by atoms with van der Waals surface area (Å²) in [6, 6.07) is 4.42. The number of rotatable bonds is 9. The molecule has 1 saturated heterocycles. The topological polar surface area (TPSA) is 132 Å². The van der Waals surface area contributed by atoms with Gasteiger partial charge < -0.3 is 30.7 Å². The van der Waals surface area contributed by atoms with Crippen LogP contribution in [0, 0.1) is 17.7 Å². The highest BCUT2D eigenvalue weighted by atomic mass is 19.1. The van der Waals surface area contributed by atoms with E-state index in [1.54, 1.807) is 6.07 Å². The smallest absolute Gasteiger partial charge is 0.340 e. The Balaban J connectivity index is 1.25. The number of hydrogen-bond acceptors (Lipinski definition) is 6. The van der Waals surface area contributed by atoms with Crippen molar-refractivity contribution in [2.75, 3.05) is 37.9 Å². The minimum Gasteiger partial charge on any atom is -0.371 e. The van der Waals surface area contributed by atoms with Gasteiger partial charge in [-0.1, -0.05) is 6.07 Å². The third-order valence-electron chi connectivity index (χ3n) is 6.67. The number of amides is 4. The van der Waals surface area contributed by atoms with Gasteiger partial charge in [-0.05, 0) is 43.7 Å². The molecular formula is C23H30FN5O5. The van der Waals surface area contributed by atoms with Crippen LogP contribution in [-0.4, -0.2) is 67.7 Å². The van der Waals surface area contributed by atoms with Gasteiger partial charge >= 0.3 is 6.03 Å². The molecular weight excluding hydrogens is 445 g/mol. The lowest BCUT2D eigenvalue weighted by atomic mass is 9.95. The van der Waals surface area contributed by atoms with Gasteiger partial charge in [0.2, 0.25) is 11.8 Å². The molecule has 0 bridgehead atoms. The molecule has 1 aliphatic carbocycles. The monoisotopic (exact) mass is 475 g/mol. The summed E-state index contributed by atoms with van der Waals surface area (Å²) in [7, 11) is 0. The van der Waals surface area contributed by atoms with Crippen molar-refractivity contribution < 1.29 is 28.6 Å². The van der Waals surface area contributed by atoms with Crippen molar-refractivity contribution in [1.29, 1.82) is 0 Å². The van der Waals surface area contributed by atoms with Crippen LogP contribution < -0.4 is 20.9 Å². The van der Waals surface area contributed by atoms with Gasteiger partial charge in [0.25, 0.3) is 0 Å². The van der Waals surface area contributed by atoms with Crippen LogP contribution in [-0.2, 0) is 20.9 Å². The predicted octanol–water partition coefficient (Wildman–Crippen LogP) is 0.684. The number of nitrogens with zero attached hydrogens (tertiary/aromatic N) is 2. The number of aliphatic hydroxyl groups excluding tert-OH is 1. The van der Waals surface area contributed by atoms with Gasteiger partial charge in [-0.25, -0.2) is 14.2 Å². The molecule has 4 N–H and O–H groups in total. The average Bonchev–Trinajstić information content (AvgIpc) is 3.63. The van der Waals surface area contributed by atoms with Gasteiger partial charge in [0.05, 0.1) is 12.5 Å². The first-order chi connectivity index (χ1) is 16.4. The fraction of sp³-hybridized carbons (Fsp3) is 0.565. The SMILES string of the molecule is O=C1N=CC(C(=O)NC2(C(=O)NCC3CCN(c4cccc(F)c4COCO)CC3)CC2)CN1. The second-order valence-electron chi connectivity index (χ2n) is 9.00. The van der Waals surface area contributed by atoms with Crippen LogP contribution in [0.25, 0.3) is 0 Å².